The van der Waals surface area contributed by atoms with Crippen molar-refractivity contribution in [1.29, 1.82) is 0 Å². The zero-order valence-corrected chi connectivity index (χ0v) is 11.5. The molecule has 3 N–H and O–H groups in total. The summed E-state index contributed by atoms with van der Waals surface area (Å²) >= 11 is 0. The molecule has 1 saturated heterocycles. The van der Waals surface area contributed by atoms with Gasteiger partial charge in [0, 0.05) is 49.9 Å². The molecule has 1 aromatic heterocycles. The molecule has 2 heterocycles. The van der Waals surface area contributed by atoms with E-state index in [2.05, 4.69) is 35.8 Å². The molecule has 0 aliphatic carbocycles. The number of rotatable bonds is 5. The Morgan fingerprint density at radius 3 is 2.89 bits per heavy atom. The summed E-state index contributed by atoms with van der Waals surface area (Å²) < 4.78 is 2.00. The maximum absolute atomic E-state index is 9.70. The number of aromatic nitrogens is 2. The molecule has 2 atom stereocenters. The van der Waals surface area contributed by atoms with Crippen LogP contribution in [-0.4, -0.2) is 40.6 Å². The molecule has 0 radical (unpaired) electrons. The van der Waals surface area contributed by atoms with E-state index in [1.807, 2.05) is 11.6 Å². The van der Waals surface area contributed by atoms with Crippen LogP contribution in [0.4, 0.5) is 0 Å². The molecule has 0 spiro atoms. The van der Waals surface area contributed by atoms with Crippen LogP contribution in [0.15, 0.2) is 6.20 Å². The standard InChI is InChI=1S/C13H24N4O/c1-9(2)17-8-12(10(3)16-17)6-14-4-11-5-15-7-13(11)18/h8-9,11,13-15,18H,4-7H2,1-3H3. The van der Waals surface area contributed by atoms with Crippen LogP contribution in [0.5, 0.6) is 0 Å². The lowest BCUT2D eigenvalue weighted by atomic mass is 10.1. The maximum atomic E-state index is 9.70. The summed E-state index contributed by atoms with van der Waals surface area (Å²) in [6.45, 7) is 9.59. The van der Waals surface area contributed by atoms with Crippen LogP contribution in [0.2, 0.25) is 0 Å². The molecule has 0 amide bonds. The topological polar surface area (TPSA) is 62.1 Å². The molecule has 2 unspecified atom stereocenters. The third-order valence-corrected chi connectivity index (χ3v) is 3.57. The van der Waals surface area contributed by atoms with Gasteiger partial charge in [0.05, 0.1) is 11.8 Å². The summed E-state index contributed by atoms with van der Waals surface area (Å²) in [6, 6.07) is 0.401. The first-order chi connectivity index (χ1) is 8.58. The average molecular weight is 252 g/mol. The molecule has 0 bridgehead atoms. The highest BCUT2D eigenvalue weighted by atomic mass is 16.3. The number of aliphatic hydroxyl groups excluding tert-OH is 1. The van der Waals surface area contributed by atoms with Crippen LogP contribution in [-0.2, 0) is 6.54 Å². The van der Waals surface area contributed by atoms with Crippen LogP contribution in [0.25, 0.3) is 0 Å². The van der Waals surface area contributed by atoms with E-state index in [0.29, 0.717) is 12.0 Å². The Morgan fingerprint density at radius 1 is 1.56 bits per heavy atom. The van der Waals surface area contributed by atoms with Gasteiger partial charge in [-0.25, -0.2) is 0 Å². The fraction of sp³-hybridized carbons (Fsp3) is 0.769. The summed E-state index contributed by atoms with van der Waals surface area (Å²) in [6.07, 6.45) is 1.90. The van der Waals surface area contributed by atoms with Crippen molar-refractivity contribution in [2.45, 2.75) is 39.5 Å². The van der Waals surface area contributed by atoms with Crippen molar-refractivity contribution in [2.75, 3.05) is 19.6 Å². The van der Waals surface area contributed by atoms with Gasteiger partial charge in [-0.15, -0.1) is 0 Å². The lowest BCUT2D eigenvalue weighted by Gasteiger charge is -2.13. The highest BCUT2D eigenvalue weighted by molar-refractivity contribution is 5.15. The van der Waals surface area contributed by atoms with Crippen LogP contribution < -0.4 is 10.6 Å². The largest absolute Gasteiger partial charge is 0.391 e. The highest BCUT2D eigenvalue weighted by Crippen LogP contribution is 2.11. The van der Waals surface area contributed by atoms with Gasteiger partial charge in [0.25, 0.3) is 0 Å². The van der Waals surface area contributed by atoms with Gasteiger partial charge in [-0.2, -0.15) is 5.10 Å². The lowest BCUT2D eigenvalue weighted by molar-refractivity contribution is 0.146. The third-order valence-electron chi connectivity index (χ3n) is 3.57. The predicted octanol–water partition coefficient (Wildman–Crippen LogP) is 0.442. The molecule has 0 aromatic carbocycles. The molecule has 1 aromatic rings. The van der Waals surface area contributed by atoms with Crippen molar-refractivity contribution < 1.29 is 5.11 Å². The maximum Gasteiger partial charge on any atom is 0.0716 e. The number of aryl methyl sites for hydroxylation is 1. The first kappa shape index (κ1) is 13.5. The molecule has 1 fully saturated rings. The number of aliphatic hydroxyl groups is 1. The van der Waals surface area contributed by atoms with Crippen LogP contribution in [0, 0.1) is 12.8 Å². The van der Waals surface area contributed by atoms with Crippen LogP contribution in [0.1, 0.15) is 31.1 Å². The molecule has 5 heteroatoms. The SMILES string of the molecule is Cc1nn(C(C)C)cc1CNCC1CNCC1O. The number of β-amino-alcohol motifs (C(OH)–C–C–N with tert-alkyl or cyclic N) is 1. The fourth-order valence-corrected chi connectivity index (χ4v) is 2.28. The lowest BCUT2D eigenvalue weighted by Crippen LogP contribution is -2.30. The second kappa shape index (κ2) is 5.82. The summed E-state index contributed by atoms with van der Waals surface area (Å²) in [5.41, 5.74) is 2.32. The van der Waals surface area contributed by atoms with Gasteiger partial charge in [-0.1, -0.05) is 0 Å². The van der Waals surface area contributed by atoms with Crippen molar-refractivity contribution in [3.63, 3.8) is 0 Å². The van der Waals surface area contributed by atoms with Crippen LogP contribution in [0.3, 0.4) is 0 Å². The summed E-state index contributed by atoms with van der Waals surface area (Å²) in [4.78, 5) is 0. The van der Waals surface area contributed by atoms with Gasteiger partial charge >= 0.3 is 0 Å². The van der Waals surface area contributed by atoms with Gasteiger partial charge in [-0.05, 0) is 20.8 Å². The Labute approximate surface area is 109 Å². The third kappa shape index (κ3) is 3.10. The van der Waals surface area contributed by atoms with E-state index >= 15 is 0 Å². The second-order valence-corrected chi connectivity index (χ2v) is 5.43. The number of hydrogen-bond acceptors (Lipinski definition) is 4. The van der Waals surface area contributed by atoms with Crippen molar-refractivity contribution in [1.82, 2.24) is 20.4 Å². The smallest absolute Gasteiger partial charge is 0.0716 e. The van der Waals surface area contributed by atoms with E-state index in [0.717, 1.165) is 31.9 Å². The van der Waals surface area contributed by atoms with E-state index in [-0.39, 0.29) is 6.10 Å². The van der Waals surface area contributed by atoms with Crippen molar-refractivity contribution in [3.05, 3.63) is 17.5 Å². The molecule has 2 rings (SSSR count). The fourth-order valence-electron chi connectivity index (χ4n) is 2.28. The summed E-state index contributed by atoms with van der Waals surface area (Å²) in [5.74, 6) is 0.324. The monoisotopic (exact) mass is 252 g/mol. The summed E-state index contributed by atoms with van der Waals surface area (Å²) in [5, 5.41) is 20.8. The Hall–Kier alpha value is -0.910. The first-order valence-electron chi connectivity index (χ1n) is 6.72. The molecule has 1 aliphatic heterocycles. The van der Waals surface area contributed by atoms with Gasteiger partial charge < -0.3 is 15.7 Å². The molecule has 5 nitrogen and oxygen atoms in total. The summed E-state index contributed by atoms with van der Waals surface area (Å²) in [7, 11) is 0. The van der Waals surface area contributed by atoms with Gasteiger partial charge in [-0.3, -0.25) is 4.68 Å². The molecular weight excluding hydrogens is 228 g/mol. The minimum absolute atomic E-state index is 0.211. The number of nitrogens with one attached hydrogen (secondary N) is 2. The van der Waals surface area contributed by atoms with E-state index in [9.17, 15) is 5.11 Å². The molecule has 0 saturated carbocycles. The Kier molecular flexibility index (Phi) is 4.37. The minimum atomic E-state index is -0.211. The number of hydrogen-bond donors (Lipinski definition) is 3. The normalized spacial score (nSPS) is 24.1. The van der Waals surface area contributed by atoms with Gasteiger partial charge in [0.2, 0.25) is 0 Å². The van der Waals surface area contributed by atoms with Gasteiger partial charge in [0.1, 0.15) is 0 Å². The Bertz CT molecular complexity index is 388. The highest BCUT2D eigenvalue weighted by Gasteiger charge is 2.24. The Balaban J connectivity index is 1.82. The zero-order valence-electron chi connectivity index (χ0n) is 11.5. The molecular formula is C13H24N4O. The number of nitrogens with zero attached hydrogens (tertiary/aromatic N) is 2. The predicted molar refractivity (Wildman–Crippen MR) is 71.4 cm³/mol. The molecule has 18 heavy (non-hydrogen) atoms. The van der Waals surface area contributed by atoms with E-state index in [1.165, 1.54) is 5.56 Å². The Morgan fingerprint density at radius 2 is 2.33 bits per heavy atom. The van der Waals surface area contributed by atoms with Crippen molar-refractivity contribution in [3.8, 4) is 0 Å². The molecule has 1 aliphatic rings. The van der Waals surface area contributed by atoms with E-state index in [1.54, 1.807) is 0 Å². The first-order valence-corrected chi connectivity index (χ1v) is 6.72. The average Bonchev–Trinajstić information content (AvgIpc) is 2.87. The van der Waals surface area contributed by atoms with E-state index < -0.39 is 0 Å². The van der Waals surface area contributed by atoms with Gasteiger partial charge in [0.15, 0.2) is 0 Å². The van der Waals surface area contributed by atoms with Crippen molar-refractivity contribution >= 4 is 0 Å². The second-order valence-electron chi connectivity index (χ2n) is 5.43. The van der Waals surface area contributed by atoms with Crippen LogP contribution >= 0.6 is 0 Å². The molecule has 102 valence electrons. The van der Waals surface area contributed by atoms with Crippen molar-refractivity contribution in [2.24, 2.45) is 5.92 Å². The van der Waals surface area contributed by atoms with E-state index in [4.69, 9.17) is 0 Å². The minimum Gasteiger partial charge on any atom is -0.391 e. The quantitative estimate of drug-likeness (QED) is 0.712. The zero-order chi connectivity index (χ0) is 13.1.